The Morgan fingerprint density at radius 2 is 1.71 bits per heavy atom. The van der Waals surface area contributed by atoms with Crippen LogP contribution < -0.4 is 0 Å². The zero-order valence-electron chi connectivity index (χ0n) is 7.15. The third-order valence-corrected chi connectivity index (χ3v) is 2.14. The minimum atomic E-state index is -1.70. The van der Waals surface area contributed by atoms with Gasteiger partial charge >= 0.3 is 5.97 Å². The average Bonchev–Trinajstić information content (AvgIpc) is 2.14. The number of carboxylic acids is 1. The average molecular weight is 208 g/mol. The number of aliphatic hydroxyl groups is 4. The van der Waals surface area contributed by atoms with Crippen molar-refractivity contribution in [2.75, 3.05) is 6.61 Å². The van der Waals surface area contributed by atoms with Gasteiger partial charge in [-0.05, 0) is 0 Å². The standard InChI is InChI=1S/C7H12O7/c8-1-2-3(9)4(10)5(11)6(14-2)7(12)13/h2-6,8-11H,1H2,(H,12,13)/t2-,3+,4-,5-,6-/m1/s1. The number of ether oxygens (including phenoxy) is 1. The second-order valence-corrected chi connectivity index (χ2v) is 3.09. The van der Waals surface area contributed by atoms with E-state index in [-0.39, 0.29) is 0 Å². The van der Waals surface area contributed by atoms with Gasteiger partial charge in [-0.25, -0.2) is 4.79 Å². The van der Waals surface area contributed by atoms with Crippen molar-refractivity contribution < 1.29 is 35.1 Å². The molecule has 0 unspecified atom stereocenters. The third kappa shape index (κ3) is 1.86. The van der Waals surface area contributed by atoms with Crippen LogP contribution in [0.4, 0.5) is 0 Å². The molecular formula is C7H12O7. The van der Waals surface area contributed by atoms with Gasteiger partial charge in [0, 0.05) is 0 Å². The van der Waals surface area contributed by atoms with Gasteiger partial charge < -0.3 is 30.3 Å². The summed E-state index contributed by atoms with van der Waals surface area (Å²) in [6.07, 6.45) is -7.67. The molecule has 1 fully saturated rings. The summed E-state index contributed by atoms with van der Waals surface area (Å²) in [5, 5.41) is 44.9. The van der Waals surface area contributed by atoms with Crippen LogP contribution in [0.3, 0.4) is 0 Å². The number of rotatable bonds is 2. The maximum atomic E-state index is 10.5. The zero-order chi connectivity index (χ0) is 10.9. The molecule has 0 bridgehead atoms. The first-order valence-corrected chi connectivity index (χ1v) is 4.02. The Balaban J connectivity index is 2.78. The fourth-order valence-corrected chi connectivity index (χ4v) is 1.31. The minimum Gasteiger partial charge on any atom is -0.479 e. The Bertz CT molecular complexity index is 216. The first kappa shape index (κ1) is 11.3. The van der Waals surface area contributed by atoms with Crippen molar-refractivity contribution in [3.63, 3.8) is 0 Å². The van der Waals surface area contributed by atoms with E-state index < -0.39 is 43.1 Å². The number of carbonyl (C=O) groups is 1. The summed E-state index contributed by atoms with van der Waals surface area (Å²) in [6.45, 7) is -0.630. The molecule has 0 aromatic rings. The summed E-state index contributed by atoms with van der Waals surface area (Å²) in [4.78, 5) is 10.5. The van der Waals surface area contributed by atoms with Crippen LogP contribution in [-0.4, -0.2) is 68.6 Å². The van der Waals surface area contributed by atoms with E-state index in [9.17, 15) is 20.1 Å². The number of hydrogen-bond acceptors (Lipinski definition) is 6. The van der Waals surface area contributed by atoms with Crippen molar-refractivity contribution in [3.05, 3.63) is 0 Å². The van der Waals surface area contributed by atoms with Gasteiger partial charge in [-0.1, -0.05) is 0 Å². The predicted octanol–water partition coefficient (Wildman–Crippen LogP) is -3.09. The molecule has 0 spiro atoms. The first-order chi connectivity index (χ1) is 6.49. The van der Waals surface area contributed by atoms with E-state index in [0.29, 0.717) is 0 Å². The lowest BCUT2D eigenvalue weighted by Gasteiger charge is -2.38. The number of hydrogen-bond donors (Lipinski definition) is 5. The Hall–Kier alpha value is -0.730. The monoisotopic (exact) mass is 208 g/mol. The summed E-state index contributed by atoms with van der Waals surface area (Å²) in [5.41, 5.74) is 0. The summed E-state index contributed by atoms with van der Waals surface area (Å²) in [5.74, 6) is -1.46. The fraction of sp³-hybridized carbons (Fsp3) is 0.857. The van der Waals surface area contributed by atoms with Crippen LogP contribution in [0, 0.1) is 0 Å². The molecule has 7 heteroatoms. The first-order valence-electron chi connectivity index (χ1n) is 4.02. The fourth-order valence-electron chi connectivity index (χ4n) is 1.31. The molecule has 1 aliphatic rings. The van der Waals surface area contributed by atoms with E-state index in [2.05, 4.69) is 4.74 Å². The van der Waals surface area contributed by atoms with E-state index in [0.717, 1.165) is 0 Å². The molecule has 0 aliphatic carbocycles. The van der Waals surface area contributed by atoms with Crippen molar-refractivity contribution in [2.24, 2.45) is 0 Å². The topological polar surface area (TPSA) is 127 Å². The maximum absolute atomic E-state index is 10.5. The summed E-state index contributed by atoms with van der Waals surface area (Å²) in [7, 11) is 0. The van der Waals surface area contributed by atoms with Gasteiger partial charge in [0.2, 0.25) is 0 Å². The molecule has 7 nitrogen and oxygen atoms in total. The van der Waals surface area contributed by atoms with Gasteiger partial charge in [0.15, 0.2) is 6.10 Å². The smallest absolute Gasteiger partial charge is 0.335 e. The summed E-state index contributed by atoms with van der Waals surface area (Å²) in [6, 6.07) is 0. The van der Waals surface area contributed by atoms with Gasteiger partial charge in [0.25, 0.3) is 0 Å². The molecule has 1 rings (SSSR count). The SMILES string of the molecule is O=C(O)[C@@H]1O[C@H](CO)[C@H](O)[C@@H](O)[C@H]1O. The van der Waals surface area contributed by atoms with Crippen molar-refractivity contribution in [2.45, 2.75) is 30.5 Å². The van der Waals surface area contributed by atoms with E-state index >= 15 is 0 Å². The van der Waals surface area contributed by atoms with Crippen molar-refractivity contribution in [1.82, 2.24) is 0 Å². The van der Waals surface area contributed by atoms with Crippen molar-refractivity contribution in [1.29, 1.82) is 0 Å². The Morgan fingerprint density at radius 1 is 1.14 bits per heavy atom. The Kier molecular flexibility index (Phi) is 3.40. The molecule has 0 radical (unpaired) electrons. The predicted molar refractivity (Wildman–Crippen MR) is 41.4 cm³/mol. The largest absolute Gasteiger partial charge is 0.479 e. The molecule has 82 valence electrons. The van der Waals surface area contributed by atoms with E-state index in [1.807, 2.05) is 0 Å². The normalized spacial score (nSPS) is 43.6. The van der Waals surface area contributed by atoms with Crippen LogP contribution in [0.15, 0.2) is 0 Å². The highest BCUT2D eigenvalue weighted by Crippen LogP contribution is 2.20. The molecule has 0 amide bonds. The van der Waals surface area contributed by atoms with Gasteiger partial charge in [-0.15, -0.1) is 0 Å². The lowest BCUT2D eigenvalue weighted by Crippen LogP contribution is -2.60. The highest BCUT2D eigenvalue weighted by Gasteiger charge is 2.46. The molecule has 5 atom stereocenters. The van der Waals surface area contributed by atoms with E-state index in [4.69, 9.17) is 10.2 Å². The number of carboxylic acid groups (broad SMARTS) is 1. The van der Waals surface area contributed by atoms with Crippen LogP contribution in [-0.2, 0) is 9.53 Å². The highest BCUT2D eigenvalue weighted by molar-refractivity contribution is 5.73. The molecular weight excluding hydrogens is 196 g/mol. The number of aliphatic hydroxyl groups excluding tert-OH is 4. The van der Waals surface area contributed by atoms with Crippen molar-refractivity contribution in [3.8, 4) is 0 Å². The highest BCUT2D eigenvalue weighted by atomic mass is 16.6. The van der Waals surface area contributed by atoms with Gasteiger partial charge in [-0.2, -0.15) is 0 Å². The summed E-state index contributed by atoms with van der Waals surface area (Å²) < 4.78 is 4.68. The van der Waals surface area contributed by atoms with Gasteiger partial charge in [0.05, 0.1) is 6.61 Å². The lowest BCUT2D eigenvalue weighted by atomic mass is 9.95. The second kappa shape index (κ2) is 4.20. The quantitative estimate of drug-likeness (QED) is 0.325. The molecule has 1 aliphatic heterocycles. The van der Waals surface area contributed by atoms with Crippen LogP contribution in [0.2, 0.25) is 0 Å². The van der Waals surface area contributed by atoms with Gasteiger partial charge in [-0.3, -0.25) is 0 Å². The Morgan fingerprint density at radius 3 is 2.14 bits per heavy atom. The van der Waals surface area contributed by atoms with Crippen LogP contribution in [0.1, 0.15) is 0 Å². The van der Waals surface area contributed by atoms with Crippen LogP contribution in [0.5, 0.6) is 0 Å². The molecule has 0 saturated carbocycles. The number of aliphatic carboxylic acids is 1. The minimum absolute atomic E-state index is 0.630. The maximum Gasteiger partial charge on any atom is 0.335 e. The molecule has 14 heavy (non-hydrogen) atoms. The molecule has 1 heterocycles. The van der Waals surface area contributed by atoms with E-state index in [1.54, 1.807) is 0 Å². The Labute approximate surface area is 79.2 Å². The molecule has 0 aromatic carbocycles. The zero-order valence-corrected chi connectivity index (χ0v) is 7.15. The molecule has 1 saturated heterocycles. The third-order valence-electron chi connectivity index (χ3n) is 2.14. The van der Waals surface area contributed by atoms with Crippen LogP contribution >= 0.6 is 0 Å². The molecule has 5 N–H and O–H groups in total. The van der Waals surface area contributed by atoms with E-state index in [1.165, 1.54) is 0 Å². The van der Waals surface area contributed by atoms with Gasteiger partial charge in [0.1, 0.15) is 24.4 Å². The molecule has 0 aromatic heterocycles. The van der Waals surface area contributed by atoms with Crippen molar-refractivity contribution >= 4 is 5.97 Å². The van der Waals surface area contributed by atoms with Crippen LogP contribution in [0.25, 0.3) is 0 Å². The second-order valence-electron chi connectivity index (χ2n) is 3.09. The summed E-state index contributed by atoms with van der Waals surface area (Å²) >= 11 is 0. The lowest BCUT2D eigenvalue weighted by molar-refractivity contribution is -0.233.